The van der Waals surface area contributed by atoms with Crippen molar-refractivity contribution in [2.75, 3.05) is 19.6 Å². The monoisotopic (exact) mass is 295 g/mol. The number of piperidine rings is 1. The third-order valence-electron chi connectivity index (χ3n) is 5.68. The van der Waals surface area contributed by atoms with Gasteiger partial charge in [-0.1, -0.05) is 40.0 Å². The van der Waals surface area contributed by atoms with Gasteiger partial charge in [-0.25, -0.2) is 4.79 Å². The fourth-order valence-corrected chi connectivity index (χ4v) is 3.92. The lowest BCUT2D eigenvalue weighted by Gasteiger charge is -2.36. The topological polar surface area (TPSA) is 44.4 Å². The summed E-state index contributed by atoms with van der Waals surface area (Å²) in [6, 6.07) is 0.905. The van der Waals surface area contributed by atoms with Gasteiger partial charge in [-0.2, -0.15) is 0 Å². The highest BCUT2D eigenvalue weighted by Gasteiger charge is 2.28. The number of carbonyl (C=O) groups excluding carboxylic acids is 1. The maximum Gasteiger partial charge on any atom is 0.315 e. The molecule has 2 rings (SSSR count). The van der Waals surface area contributed by atoms with Gasteiger partial charge in [0.15, 0.2) is 0 Å². The highest BCUT2D eigenvalue weighted by molar-refractivity contribution is 5.74. The predicted octanol–water partition coefficient (Wildman–Crippen LogP) is 2.98. The van der Waals surface area contributed by atoms with E-state index in [0.29, 0.717) is 18.0 Å². The van der Waals surface area contributed by atoms with Gasteiger partial charge in [-0.15, -0.1) is 0 Å². The van der Waals surface area contributed by atoms with E-state index in [9.17, 15) is 4.79 Å². The molecule has 1 saturated carbocycles. The molecule has 4 atom stereocenters. The lowest BCUT2D eigenvalue weighted by molar-refractivity contribution is 0.151. The minimum absolute atomic E-state index is 0.0302. The lowest BCUT2D eigenvalue weighted by Crippen LogP contribution is -2.52. The van der Waals surface area contributed by atoms with Crippen molar-refractivity contribution < 1.29 is 4.79 Å². The molecule has 1 saturated heterocycles. The maximum absolute atomic E-state index is 12.2. The summed E-state index contributed by atoms with van der Waals surface area (Å²) in [4.78, 5) is 14.7. The second-order valence-corrected chi connectivity index (χ2v) is 7.01. The molecule has 2 amide bonds. The van der Waals surface area contributed by atoms with Crippen LogP contribution in [0.25, 0.3) is 0 Å². The first-order chi connectivity index (χ1) is 10.1. The van der Waals surface area contributed by atoms with Crippen LogP contribution in [-0.4, -0.2) is 42.6 Å². The molecule has 1 aliphatic carbocycles. The van der Waals surface area contributed by atoms with E-state index in [1.807, 2.05) is 0 Å². The molecule has 0 aromatic heterocycles. The van der Waals surface area contributed by atoms with Crippen LogP contribution in [0, 0.1) is 11.8 Å². The van der Waals surface area contributed by atoms with Gasteiger partial charge in [0.05, 0.1) is 0 Å². The Hall–Kier alpha value is -0.770. The normalized spacial score (nSPS) is 34.4. The predicted molar refractivity (Wildman–Crippen MR) is 87.4 cm³/mol. The molecule has 2 N–H and O–H groups in total. The number of hydrogen-bond donors (Lipinski definition) is 2. The van der Waals surface area contributed by atoms with E-state index in [2.05, 4.69) is 36.3 Å². The molecule has 0 unspecified atom stereocenters. The van der Waals surface area contributed by atoms with E-state index < -0.39 is 0 Å². The number of hydrogen-bond acceptors (Lipinski definition) is 2. The summed E-state index contributed by atoms with van der Waals surface area (Å²) >= 11 is 0. The van der Waals surface area contributed by atoms with Crippen molar-refractivity contribution in [2.45, 2.75) is 71.4 Å². The van der Waals surface area contributed by atoms with Crippen molar-refractivity contribution in [2.24, 2.45) is 11.8 Å². The average molecular weight is 295 g/mol. The Morgan fingerprint density at radius 3 is 2.71 bits per heavy atom. The molecule has 1 heterocycles. The van der Waals surface area contributed by atoms with Gasteiger partial charge in [0, 0.05) is 18.6 Å². The number of carbonyl (C=O) groups is 1. The Labute approximate surface area is 130 Å². The van der Waals surface area contributed by atoms with Gasteiger partial charge in [-0.3, -0.25) is 4.90 Å². The van der Waals surface area contributed by atoms with Crippen LogP contribution in [0.3, 0.4) is 0 Å². The second-order valence-electron chi connectivity index (χ2n) is 7.01. The van der Waals surface area contributed by atoms with E-state index in [1.54, 1.807) is 0 Å². The van der Waals surface area contributed by atoms with Gasteiger partial charge in [0.25, 0.3) is 0 Å². The molecular formula is C17H33N3O. The Morgan fingerprint density at radius 1 is 1.14 bits per heavy atom. The quantitative estimate of drug-likeness (QED) is 0.837. The zero-order valence-corrected chi connectivity index (χ0v) is 14.0. The van der Waals surface area contributed by atoms with Crippen LogP contribution in [0.4, 0.5) is 4.79 Å². The number of urea groups is 1. The van der Waals surface area contributed by atoms with Crippen LogP contribution < -0.4 is 10.6 Å². The lowest BCUT2D eigenvalue weighted by atomic mass is 9.78. The highest BCUT2D eigenvalue weighted by atomic mass is 16.2. The van der Waals surface area contributed by atoms with E-state index in [4.69, 9.17) is 0 Å². The molecule has 0 aromatic carbocycles. The number of amides is 2. The zero-order chi connectivity index (χ0) is 15.2. The van der Waals surface area contributed by atoms with E-state index in [-0.39, 0.29) is 6.03 Å². The fourth-order valence-electron chi connectivity index (χ4n) is 3.92. The standard InChI is InChI=1S/C17H33N3O/c1-4-20-11-6-5-9-15(20)12-18-17(21)19-16-10-7-8-13(2)14(16)3/h13-16H,4-12H2,1-3H3,(H2,18,19,21)/t13-,14-,15+,16+/m0/s1. The van der Waals surface area contributed by atoms with E-state index >= 15 is 0 Å². The Kier molecular flexibility index (Phi) is 6.34. The molecule has 2 fully saturated rings. The van der Waals surface area contributed by atoms with Crippen LogP contribution in [0.15, 0.2) is 0 Å². The SMILES string of the molecule is CCN1CCCC[C@@H]1CNC(=O)N[C@@H]1CCC[C@H](C)[C@@H]1C. The number of nitrogens with one attached hydrogen (secondary N) is 2. The minimum atomic E-state index is 0.0302. The Balaban J connectivity index is 1.74. The summed E-state index contributed by atoms with van der Waals surface area (Å²) in [5.74, 6) is 1.31. The van der Waals surface area contributed by atoms with Crippen LogP contribution in [-0.2, 0) is 0 Å². The summed E-state index contributed by atoms with van der Waals surface area (Å²) in [5, 5.41) is 6.31. The fraction of sp³-hybridized carbons (Fsp3) is 0.941. The summed E-state index contributed by atoms with van der Waals surface area (Å²) in [6.45, 7) is 9.85. The molecule has 2 aliphatic rings. The Bertz CT molecular complexity index is 334. The van der Waals surface area contributed by atoms with Crippen molar-refractivity contribution in [3.05, 3.63) is 0 Å². The number of nitrogens with zero attached hydrogens (tertiary/aromatic N) is 1. The first-order valence-electron chi connectivity index (χ1n) is 8.90. The van der Waals surface area contributed by atoms with Crippen LogP contribution >= 0.6 is 0 Å². The van der Waals surface area contributed by atoms with Crippen molar-refractivity contribution in [1.82, 2.24) is 15.5 Å². The van der Waals surface area contributed by atoms with Gasteiger partial charge >= 0.3 is 6.03 Å². The van der Waals surface area contributed by atoms with Gasteiger partial charge in [0.1, 0.15) is 0 Å². The third kappa shape index (κ3) is 4.60. The second kappa shape index (κ2) is 8.02. The average Bonchev–Trinajstić information content (AvgIpc) is 2.50. The molecule has 0 bridgehead atoms. The molecule has 0 spiro atoms. The van der Waals surface area contributed by atoms with Crippen LogP contribution in [0.2, 0.25) is 0 Å². The van der Waals surface area contributed by atoms with E-state index in [0.717, 1.165) is 25.4 Å². The van der Waals surface area contributed by atoms with Crippen molar-refractivity contribution in [1.29, 1.82) is 0 Å². The highest BCUT2D eigenvalue weighted by Crippen LogP contribution is 2.29. The number of likely N-dealkylation sites (tertiary alicyclic amines) is 1. The molecule has 4 nitrogen and oxygen atoms in total. The summed E-state index contributed by atoms with van der Waals surface area (Å²) in [7, 11) is 0. The molecule has 4 heteroatoms. The van der Waals surface area contributed by atoms with Crippen molar-refractivity contribution in [3.63, 3.8) is 0 Å². The maximum atomic E-state index is 12.2. The zero-order valence-electron chi connectivity index (χ0n) is 14.0. The first kappa shape index (κ1) is 16.6. The molecule has 122 valence electrons. The molecular weight excluding hydrogens is 262 g/mol. The third-order valence-corrected chi connectivity index (χ3v) is 5.68. The summed E-state index contributed by atoms with van der Waals surface area (Å²) in [5.41, 5.74) is 0. The van der Waals surface area contributed by atoms with Gasteiger partial charge in [-0.05, 0) is 44.2 Å². The summed E-state index contributed by atoms with van der Waals surface area (Å²) < 4.78 is 0. The number of rotatable bonds is 4. The van der Waals surface area contributed by atoms with Gasteiger partial charge in [0.2, 0.25) is 0 Å². The summed E-state index contributed by atoms with van der Waals surface area (Å²) in [6.07, 6.45) is 7.47. The van der Waals surface area contributed by atoms with Gasteiger partial charge < -0.3 is 10.6 Å². The molecule has 1 aliphatic heterocycles. The largest absolute Gasteiger partial charge is 0.337 e. The van der Waals surface area contributed by atoms with E-state index in [1.165, 1.54) is 38.6 Å². The smallest absolute Gasteiger partial charge is 0.315 e. The molecule has 0 aromatic rings. The molecule has 0 radical (unpaired) electrons. The Morgan fingerprint density at radius 2 is 1.95 bits per heavy atom. The van der Waals surface area contributed by atoms with Crippen molar-refractivity contribution in [3.8, 4) is 0 Å². The first-order valence-corrected chi connectivity index (χ1v) is 8.90. The molecule has 21 heavy (non-hydrogen) atoms. The van der Waals surface area contributed by atoms with Crippen LogP contribution in [0.1, 0.15) is 59.3 Å². The van der Waals surface area contributed by atoms with Crippen molar-refractivity contribution >= 4 is 6.03 Å². The minimum Gasteiger partial charge on any atom is -0.337 e. The number of likely N-dealkylation sites (N-methyl/N-ethyl adjacent to an activating group) is 1. The van der Waals surface area contributed by atoms with Crippen LogP contribution in [0.5, 0.6) is 0 Å².